The van der Waals surface area contributed by atoms with Gasteiger partial charge in [-0.25, -0.2) is 0 Å². The second-order valence-electron chi connectivity index (χ2n) is 4.53. The number of carbonyl (C=O) groups is 2. The van der Waals surface area contributed by atoms with Crippen LogP contribution in [0, 0.1) is 0 Å². The van der Waals surface area contributed by atoms with Crippen molar-refractivity contribution < 1.29 is 14.7 Å². The molecule has 0 saturated carbocycles. The zero-order valence-corrected chi connectivity index (χ0v) is 12.5. The van der Waals surface area contributed by atoms with Gasteiger partial charge in [0.25, 0.3) is 0 Å². The highest BCUT2D eigenvalue weighted by Crippen LogP contribution is 2.16. The van der Waals surface area contributed by atoms with Gasteiger partial charge < -0.3 is 10.4 Å². The van der Waals surface area contributed by atoms with Crippen molar-refractivity contribution in [3.63, 3.8) is 0 Å². The summed E-state index contributed by atoms with van der Waals surface area (Å²) in [5, 5.41) is 11.4. The van der Waals surface area contributed by atoms with E-state index >= 15 is 0 Å². The summed E-state index contributed by atoms with van der Waals surface area (Å²) in [6, 6.07) is 9.47. The Morgan fingerprint density at radius 3 is 2.60 bits per heavy atom. The molecular weight excluding hydrogens is 274 g/mol. The number of nitrogens with one attached hydrogen (secondary N) is 1. The van der Waals surface area contributed by atoms with Gasteiger partial charge in [-0.2, -0.15) is 0 Å². The fraction of sp³-hybridized carbons (Fsp3) is 0.467. The van der Waals surface area contributed by atoms with Gasteiger partial charge in [0, 0.05) is 6.54 Å². The molecule has 4 nitrogen and oxygen atoms in total. The Hall–Kier alpha value is -1.49. The minimum atomic E-state index is -0.875. The molecule has 2 N–H and O–H groups in total. The third-order valence-corrected chi connectivity index (χ3v) is 4.01. The van der Waals surface area contributed by atoms with Crippen LogP contribution in [0.1, 0.15) is 25.3 Å². The molecule has 0 aliphatic carbocycles. The molecule has 1 amide bonds. The van der Waals surface area contributed by atoms with E-state index in [-0.39, 0.29) is 11.7 Å². The molecule has 1 rings (SSSR count). The zero-order valence-electron chi connectivity index (χ0n) is 11.7. The van der Waals surface area contributed by atoms with Crippen molar-refractivity contribution in [2.24, 2.45) is 0 Å². The van der Waals surface area contributed by atoms with E-state index in [1.54, 1.807) is 0 Å². The predicted molar refractivity (Wildman–Crippen MR) is 81.9 cm³/mol. The van der Waals surface area contributed by atoms with Crippen molar-refractivity contribution in [2.45, 2.75) is 31.4 Å². The molecule has 20 heavy (non-hydrogen) atoms. The summed E-state index contributed by atoms with van der Waals surface area (Å²) in [6.45, 7) is 2.72. The van der Waals surface area contributed by atoms with E-state index < -0.39 is 11.2 Å². The van der Waals surface area contributed by atoms with Crippen LogP contribution in [0.15, 0.2) is 30.3 Å². The second kappa shape index (κ2) is 9.42. The first-order chi connectivity index (χ1) is 9.63. The van der Waals surface area contributed by atoms with E-state index in [1.807, 2.05) is 30.3 Å². The quantitative estimate of drug-likeness (QED) is 0.686. The summed E-state index contributed by atoms with van der Waals surface area (Å²) in [6.07, 6.45) is 2.41. The zero-order chi connectivity index (χ0) is 14.8. The normalized spacial score (nSPS) is 11.8. The number of amides is 1. The molecule has 0 aromatic heterocycles. The van der Waals surface area contributed by atoms with Crippen molar-refractivity contribution in [1.29, 1.82) is 0 Å². The Morgan fingerprint density at radius 1 is 1.30 bits per heavy atom. The topological polar surface area (TPSA) is 66.4 Å². The van der Waals surface area contributed by atoms with E-state index in [4.69, 9.17) is 0 Å². The summed E-state index contributed by atoms with van der Waals surface area (Å²) in [4.78, 5) is 22.8. The number of aliphatic carboxylic acids is 1. The van der Waals surface area contributed by atoms with Crippen molar-refractivity contribution in [3.8, 4) is 0 Å². The number of thioether (sulfide) groups is 1. The average Bonchev–Trinajstić information content (AvgIpc) is 2.44. The number of hydrogen-bond acceptors (Lipinski definition) is 3. The number of carbonyl (C=O) groups excluding carboxylic acids is 1. The van der Waals surface area contributed by atoms with Gasteiger partial charge in [0.05, 0.1) is 5.75 Å². The molecule has 110 valence electrons. The molecule has 0 radical (unpaired) electrons. The number of rotatable bonds is 9. The minimum absolute atomic E-state index is 0.0947. The Bertz CT molecular complexity index is 422. The fourth-order valence-electron chi connectivity index (χ4n) is 1.68. The van der Waals surface area contributed by atoms with Crippen LogP contribution in [0.2, 0.25) is 0 Å². The summed E-state index contributed by atoms with van der Waals surface area (Å²) >= 11 is 1.18. The molecule has 1 aromatic carbocycles. The maximum Gasteiger partial charge on any atom is 0.316 e. The molecule has 0 aliphatic rings. The molecule has 0 spiro atoms. The van der Waals surface area contributed by atoms with E-state index in [1.165, 1.54) is 11.8 Å². The first-order valence-electron chi connectivity index (χ1n) is 6.78. The molecule has 0 aliphatic heterocycles. The molecule has 0 saturated heterocycles. The fourth-order valence-corrected chi connectivity index (χ4v) is 2.59. The number of carboxylic acid groups (broad SMARTS) is 1. The lowest BCUT2D eigenvalue weighted by atomic mass is 10.1. The lowest BCUT2D eigenvalue weighted by Crippen LogP contribution is -2.28. The van der Waals surface area contributed by atoms with Crippen LogP contribution in [0.3, 0.4) is 0 Å². The number of hydrogen-bond donors (Lipinski definition) is 2. The maximum absolute atomic E-state index is 11.6. The number of carboxylic acids is 1. The highest BCUT2D eigenvalue weighted by molar-refractivity contribution is 8.01. The van der Waals surface area contributed by atoms with Crippen molar-refractivity contribution >= 4 is 23.6 Å². The Kier molecular flexibility index (Phi) is 7.80. The minimum Gasteiger partial charge on any atom is -0.480 e. The third-order valence-electron chi connectivity index (χ3n) is 2.81. The molecule has 0 bridgehead atoms. The molecule has 1 aromatic rings. The Balaban J connectivity index is 2.40. The van der Waals surface area contributed by atoms with E-state index in [2.05, 4.69) is 12.2 Å². The van der Waals surface area contributed by atoms with Gasteiger partial charge in [-0.1, -0.05) is 43.7 Å². The highest BCUT2D eigenvalue weighted by Gasteiger charge is 2.19. The summed E-state index contributed by atoms with van der Waals surface area (Å²) in [5.41, 5.74) is 0.971. The lowest BCUT2D eigenvalue weighted by molar-refractivity contribution is -0.136. The molecular formula is C15H21NO3S. The third kappa shape index (κ3) is 6.61. The van der Waals surface area contributed by atoms with Gasteiger partial charge in [-0.3, -0.25) is 9.59 Å². The number of benzene rings is 1. The van der Waals surface area contributed by atoms with Gasteiger partial charge in [0.1, 0.15) is 5.25 Å². The summed E-state index contributed by atoms with van der Waals surface area (Å²) < 4.78 is 0. The van der Waals surface area contributed by atoms with Crippen LogP contribution in [0.25, 0.3) is 0 Å². The Labute approximate surface area is 124 Å². The lowest BCUT2D eigenvalue weighted by Gasteiger charge is -2.12. The van der Waals surface area contributed by atoms with Crippen LogP contribution in [-0.4, -0.2) is 34.5 Å². The SMILES string of the molecule is CCCCNC(=O)CSC(Cc1ccccc1)C(=O)O. The van der Waals surface area contributed by atoms with Crippen LogP contribution < -0.4 is 5.32 Å². The highest BCUT2D eigenvalue weighted by atomic mass is 32.2. The van der Waals surface area contributed by atoms with Gasteiger partial charge in [0.2, 0.25) is 5.91 Å². The first-order valence-corrected chi connectivity index (χ1v) is 7.83. The molecule has 1 unspecified atom stereocenters. The van der Waals surface area contributed by atoms with Crippen LogP contribution >= 0.6 is 11.8 Å². The van der Waals surface area contributed by atoms with Crippen LogP contribution in [0.5, 0.6) is 0 Å². The molecule has 5 heteroatoms. The van der Waals surface area contributed by atoms with Crippen molar-refractivity contribution in [3.05, 3.63) is 35.9 Å². The molecule has 0 fully saturated rings. The second-order valence-corrected chi connectivity index (χ2v) is 5.72. The van der Waals surface area contributed by atoms with Gasteiger partial charge >= 0.3 is 5.97 Å². The standard InChI is InChI=1S/C15H21NO3S/c1-2-3-9-16-14(17)11-20-13(15(18)19)10-12-7-5-4-6-8-12/h4-8,13H,2-3,9-11H2,1H3,(H,16,17)(H,18,19). The maximum atomic E-state index is 11.6. The Morgan fingerprint density at radius 2 is 2.00 bits per heavy atom. The van der Waals surface area contributed by atoms with Gasteiger partial charge in [-0.05, 0) is 18.4 Å². The van der Waals surface area contributed by atoms with Crippen LogP contribution in [0.4, 0.5) is 0 Å². The monoisotopic (exact) mass is 295 g/mol. The number of unbranched alkanes of at least 4 members (excludes halogenated alkanes) is 1. The summed E-state index contributed by atoms with van der Waals surface area (Å²) in [5.74, 6) is -0.781. The van der Waals surface area contributed by atoms with Crippen molar-refractivity contribution in [1.82, 2.24) is 5.32 Å². The predicted octanol–water partition coefficient (Wildman–Crippen LogP) is 2.33. The molecule has 0 heterocycles. The van der Waals surface area contributed by atoms with E-state index in [0.29, 0.717) is 13.0 Å². The summed E-state index contributed by atoms with van der Waals surface area (Å²) in [7, 11) is 0. The van der Waals surface area contributed by atoms with Gasteiger partial charge in [0.15, 0.2) is 0 Å². The van der Waals surface area contributed by atoms with E-state index in [0.717, 1.165) is 18.4 Å². The first kappa shape index (κ1) is 16.6. The molecule has 1 atom stereocenters. The van der Waals surface area contributed by atoms with Gasteiger partial charge in [-0.15, -0.1) is 11.8 Å². The van der Waals surface area contributed by atoms with Crippen LogP contribution in [-0.2, 0) is 16.0 Å². The van der Waals surface area contributed by atoms with E-state index in [9.17, 15) is 14.7 Å². The average molecular weight is 295 g/mol. The smallest absolute Gasteiger partial charge is 0.316 e. The largest absolute Gasteiger partial charge is 0.480 e. The van der Waals surface area contributed by atoms with Crippen molar-refractivity contribution in [2.75, 3.05) is 12.3 Å².